The molecule has 2 heterocycles. The zero-order chi connectivity index (χ0) is 22.1. The molecule has 6 heteroatoms. The van der Waals surface area contributed by atoms with Gasteiger partial charge in [0.1, 0.15) is 30.3 Å². The van der Waals surface area contributed by atoms with Crippen molar-refractivity contribution in [2.45, 2.75) is 51.1 Å². The number of para-hydroxylation sites is 1. The predicted octanol–water partition coefficient (Wildman–Crippen LogP) is 4.51. The number of hydrogen-bond donors (Lipinski definition) is 1. The van der Waals surface area contributed by atoms with Gasteiger partial charge in [-0.3, -0.25) is 19.5 Å². The van der Waals surface area contributed by atoms with E-state index in [1.807, 2.05) is 43.3 Å². The number of carbonyl (C=O) groups excluding carboxylic acids is 1. The van der Waals surface area contributed by atoms with Crippen LogP contribution in [-0.2, 0) is 4.79 Å². The fraction of sp³-hybridized carbons (Fsp3) is 0.346. The van der Waals surface area contributed by atoms with Gasteiger partial charge in [-0.1, -0.05) is 49.1 Å². The van der Waals surface area contributed by atoms with Crippen LogP contribution < -0.4 is 15.6 Å². The summed E-state index contributed by atoms with van der Waals surface area (Å²) in [6.45, 7) is 2.06. The first-order chi connectivity index (χ1) is 15.6. The largest absolute Gasteiger partial charge is 0.464 e. The number of fused-ring (bicyclic) bond motifs is 1. The number of nitrogens with one attached hydrogen (secondary N) is 1. The number of aliphatic imine (C=N–C) groups is 1. The highest BCUT2D eigenvalue weighted by Gasteiger charge is 2.37. The van der Waals surface area contributed by atoms with Crippen molar-refractivity contribution in [1.82, 2.24) is 5.32 Å². The molecule has 1 aliphatic carbocycles. The molecule has 0 bridgehead atoms. The topological polar surface area (TPSA) is 74.9 Å². The summed E-state index contributed by atoms with van der Waals surface area (Å²) in [5.41, 5.74) is 2.66. The van der Waals surface area contributed by atoms with Gasteiger partial charge in [0.2, 0.25) is 5.91 Å². The molecule has 5 rings (SSSR count). The second kappa shape index (κ2) is 8.61. The number of hydrogen-bond acceptors (Lipinski definition) is 5. The van der Waals surface area contributed by atoms with Crippen LogP contribution in [0.1, 0.15) is 49.3 Å². The van der Waals surface area contributed by atoms with E-state index in [4.69, 9.17) is 4.42 Å². The Morgan fingerprint density at radius 2 is 1.75 bits per heavy atom. The van der Waals surface area contributed by atoms with Crippen molar-refractivity contribution >= 4 is 28.4 Å². The minimum atomic E-state index is -0.651. The first-order valence-corrected chi connectivity index (χ1v) is 11.3. The SMILES string of the molecule is Cc1ccc(N2C(=O)CN=C(NC3CCCCC3)C2c2coc3ccccc3c2=O)cc1. The third-order valence-electron chi connectivity index (χ3n) is 6.44. The van der Waals surface area contributed by atoms with Crippen LogP contribution in [0.3, 0.4) is 0 Å². The van der Waals surface area contributed by atoms with E-state index in [1.54, 1.807) is 17.0 Å². The predicted molar refractivity (Wildman–Crippen MR) is 126 cm³/mol. The van der Waals surface area contributed by atoms with Gasteiger partial charge in [0.25, 0.3) is 0 Å². The van der Waals surface area contributed by atoms with E-state index in [9.17, 15) is 9.59 Å². The molecule has 1 amide bonds. The van der Waals surface area contributed by atoms with E-state index < -0.39 is 6.04 Å². The molecule has 1 saturated carbocycles. The number of nitrogens with zero attached hydrogens (tertiary/aromatic N) is 2. The smallest absolute Gasteiger partial charge is 0.249 e. The van der Waals surface area contributed by atoms with Crippen LogP contribution in [0.4, 0.5) is 5.69 Å². The Bertz CT molecular complexity index is 1220. The summed E-state index contributed by atoms with van der Waals surface area (Å²) in [6, 6.07) is 14.6. The van der Waals surface area contributed by atoms with Gasteiger partial charge in [0.05, 0.1) is 10.9 Å². The van der Waals surface area contributed by atoms with Gasteiger partial charge < -0.3 is 9.73 Å². The molecule has 2 aliphatic rings. The van der Waals surface area contributed by atoms with Crippen molar-refractivity contribution in [1.29, 1.82) is 0 Å². The number of amidine groups is 1. The van der Waals surface area contributed by atoms with E-state index in [1.165, 1.54) is 25.5 Å². The maximum Gasteiger partial charge on any atom is 0.249 e. The minimum Gasteiger partial charge on any atom is -0.464 e. The third kappa shape index (κ3) is 3.81. The third-order valence-corrected chi connectivity index (χ3v) is 6.44. The van der Waals surface area contributed by atoms with Gasteiger partial charge in [0.15, 0.2) is 5.43 Å². The monoisotopic (exact) mass is 429 g/mol. The van der Waals surface area contributed by atoms with Gasteiger partial charge >= 0.3 is 0 Å². The van der Waals surface area contributed by atoms with Gasteiger partial charge in [-0.2, -0.15) is 0 Å². The second-order valence-electron chi connectivity index (χ2n) is 8.70. The molecule has 6 nitrogen and oxygen atoms in total. The van der Waals surface area contributed by atoms with E-state index in [0.717, 1.165) is 24.1 Å². The van der Waals surface area contributed by atoms with Gasteiger partial charge in [0, 0.05) is 11.7 Å². The fourth-order valence-corrected chi connectivity index (χ4v) is 4.73. The van der Waals surface area contributed by atoms with Crippen LogP contribution in [0.2, 0.25) is 0 Å². The molecule has 1 aliphatic heterocycles. The first kappa shape index (κ1) is 20.5. The minimum absolute atomic E-state index is 0.0539. The van der Waals surface area contributed by atoms with Crippen molar-refractivity contribution in [2.75, 3.05) is 11.4 Å². The van der Waals surface area contributed by atoms with Crippen LogP contribution in [0.5, 0.6) is 0 Å². The van der Waals surface area contributed by atoms with E-state index in [2.05, 4.69) is 10.3 Å². The Morgan fingerprint density at radius 3 is 2.53 bits per heavy atom. The van der Waals surface area contributed by atoms with Crippen LogP contribution >= 0.6 is 0 Å². The number of anilines is 1. The summed E-state index contributed by atoms with van der Waals surface area (Å²) >= 11 is 0. The van der Waals surface area contributed by atoms with Crippen molar-refractivity contribution in [3.63, 3.8) is 0 Å². The molecular weight excluding hydrogens is 402 g/mol. The molecule has 0 radical (unpaired) electrons. The highest BCUT2D eigenvalue weighted by atomic mass is 16.3. The number of benzene rings is 2. The molecule has 1 fully saturated rings. The Labute approximate surface area is 187 Å². The Kier molecular flexibility index (Phi) is 5.52. The first-order valence-electron chi connectivity index (χ1n) is 11.3. The van der Waals surface area contributed by atoms with E-state index >= 15 is 0 Å². The molecule has 1 N–H and O–H groups in total. The lowest BCUT2D eigenvalue weighted by molar-refractivity contribution is -0.117. The van der Waals surface area contributed by atoms with Gasteiger partial charge in [-0.25, -0.2) is 0 Å². The van der Waals surface area contributed by atoms with Crippen molar-refractivity contribution < 1.29 is 9.21 Å². The fourth-order valence-electron chi connectivity index (χ4n) is 4.73. The quantitative estimate of drug-likeness (QED) is 0.665. The maximum atomic E-state index is 13.5. The molecule has 1 aromatic heterocycles. The molecule has 0 spiro atoms. The summed E-state index contributed by atoms with van der Waals surface area (Å²) in [4.78, 5) is 33.0. The lowest BCUT2D eigenvalue weighted by Gasteiger charge is -2.37. The molecule has 1 unspecified atom stereocenters. The van der Waals surface area contributed by atoms with Crippen molar-refractivity contribution in [2.24, 2.45) is 4.99 Å². The number of amides is 1. The molecule has 2 aromatic carbocycles. The van der Waals surface area contributed by atoms with Crippen molar-refractivity contribution in [3.05, 3.63) is 76.1 Å². The van der Waals surface area contributed by atoms with E-state index in [-0.39, 0.29) is 17.9 Å². The maximum absolute atomic E-state index is 13.5. The highest BCUT2D eigenvalue weighted by Crippen LogP contribution is 2.31. The molecule has 1 atom stereocenters. The molecule has 3 aromatic rings. The number of aryl methyl sites for hydroxylation is 1. The summed E-state index contributed by atoms with van der Waals surface area (Å²) < 4.78 is 5.83. The molecular formula is C26H27N3O3. The average molecular weight is 430 g/mol. The Hall–Kier alpha value is -3.41. The van der Waals surface area contributed by atoms with Gasteiger partial charge in [-0.05, 0) is 44.0 Å². The highest BCUT2D eigenvalue weighted by molar-refractivity contribution is 6.07. The van der Waals surface area contributed by atoms with Crippen LogP contribution in [0.25, 0.3) is 11.0 Å². The number of rotatable bonds is 3. The summed E-state index contributed by atoms with van der Waals surface area (Å²) in [6.07, 6.45) is 7.22. The summed E-state index contributed by atoms with van der Waals surface area (Å²) in [5.74, 6) is 0.528. The van der Waals surface area contributed by atoms with Gasteiger partial charge in [-0.15, -0.1) is 0 Å². The normalized spacial score (nSPS) is 19.8. The average Bonchev–Trinajstić information content (AvgIpc) is 2.82. The lowest BCUT2D eigenvalue weighted by atomic mass is 9.94. The molecule has 32 heavy (non-hydrogen) atoms. The molecule has 0 saturated heterocycles. The van der Waals surface area contributed by atoms with Crippen molar-refractivity contribution in [3.8, 4) is 0 Å². The zero-order valence-electron chi connectivity index (χ0n) is 18.2. The standard InChI is InChI=1S/C26H27N3O3/c1-17-11-13-19(14-12-17)29-23(30)15-27-26(28-18-7-3-2-4-8-18)24(29)21-16-32-22-10-6-5-9-20(22)25(21)31/h5-6,9-14,16,18,24H,2-4,7-8,15H2,1H3,(H,27,28). The summed E-state index contributed by atoms with van der Waals surface area (Å²) in [7, 11) is 0. The summed E-state index contributed by atoms with van der Waals surface area (Å²) in [5, 5.41) is 4.09. The number of carbonyl (C=O) groups is 1. The van der Waals surface area contributed by atoms with Crippen LogP contribution in [-0.4, -0.2) is 24.3 Å². The zero-order valence-corrected chi connectivity index (χ0v) is 18.2. The Balaban J connectivity index is 1.64. The van der Waals surface area contributed by atoms with E-state index in [0.29, 0.717) is 28.4 Å². The molecule has 164 valence electrons. The lowest BCUT2D eigenvalue weighted by Crippen LogP contribution is -2.52. The second-order valence-corrected chi connectivity index (χ2v) is 8.70. The van der Waals surface area contributed by atoms with Crippen LogP contribution in [0.15, 0.2) is 69.0 Å². The van der Waals surface area contributed by atoms with Crippen LogP contribution in [0, 0.1) is 6.92 Å². The Morgan fingerprint density at radius 1 is 1.00 bits per heavy atom.